The molecule has 2 rings (SSSR count). The Labute approximate surface area is 127 Å². The van der Waals surface area contributed by atoms with Crippen LogP contribution in [0.2, 0.25) is 0 Å². The third kappa shape index (κ3) is 3.23. The van der Waals surface area contributed by atoms with Gasteiger partial charge in [-0.25, -0.2) is 9.97 Å². The van der Waals surface area contributed by atoms with Crippen molar-refractivity contribution in [2.45, 2.75) is 26.7 Å². The summed E-state index contributed by atoms with van der Waals surface area (Å²) in [6.07, 6.45) is 5.78. The summed E-state index contributed by atoms with van der Waals surface area (Å²) in [5.74, 6) is 1.66. The maximum Gasteiger partial charge on any atom is 0.165 e. The average molecular weight is 371 g/mol. The van der Waals surface area contributed by atoms with Crippen LogP contribution in [0.3, 0.4) is 0 Å². The summed E-state index contributed by atoms with van der Waals surface area (Å²) in [4.78, 5) is 9.28. The SMILES string of the molecule is CCCc1nc(-c2cnn(C)c2)nc(NCC)c1I. The first-order valence-electron chi connectivity index (χ1n) is 6.45. The lowest BCUT2D eigenvalue weighted by atomic mass is 10.2. The van der Waals surface area contributed by atoms with Gasteiger partial charge in [-0.3, -0.25) is 4.68 Å². The van der Waals surface area contributed by atoms with Gasteiger partial charge in [0.05, 0.1) is 21.0 Å². The number of nitrogens with one attached hydrogen (secondary N) is 1. The summed E-state index contributed by atoms with van der Waals surface area (Å²) in [5.41, 5.74) is 2.06. The van der Waals surface area contributed by atoms with Gasteiger partial charge in [0, 0.05) is 19.8 Å². The molecule has 1 N–H and O–H groups in total. The molecule has 0 bridgehead atoms. The van der Waals surface area contributed by atoms with Crippen LogP contribution in [-0.2, 0) is 13.5 Å². The molecule has 102 valence electrons. The lowest BCUT2D eigenvalue weighted by Gasteiger charge is -2.11. The van der Waals surface area contributed by atoms with E-state index in [1.54, 1.807) is 10.9 Å². The maximum atomic E-state index is 4.68. The molecular weight excluding hydrogens is 353 g/mol. The molecule has 0 aliphatic carbocycles. The highest BCUT2D eigenvalue weighted by molar-refractivity contribution is 14.1. The zero-order valence-corrected chi connectivity index (χ0v) is 13.6. The summed E-state index contributed by atoms with van der Waals surface area (Å²) < 4.78 is 2.89. The van der Waals surface area contributed by atoms with Crippen molar-refractivity contribution in [1.29, 1.82) is 0 Å². The number of hydrogen-bond acceptors (Lipinski definition) is 4. The summed E-state index contributed by atoms with van der Waals surface area (Å²) in [6.45, 7) is 5.08. The molecule has 0 spiro atoms. The Hall–Kier alpha value is -1.18. The fraction of sp³-hybridized carbons (Fsp3) is 0.462. The fourth-order valence-corrected chi connectivity index (χ4v) is 2.55. The molecule has 2 aromatic rings. The first-order chi connectivity index (χ1) is 9.15. The first kappa shape index (κ1) is 14.2. The summed E-state index contributed by atoms with van der Waals surface area (Å²) >= 11 is 2.32. The number of aromatic nitrogens is 4. The number of nitrogens with zero attached hydrogens (tertiary/aromatic N) is 4. The van der Waals surface area contributed by atoms with Crippen molar-refractivity contribution in [3.8, 4) is 11.4 Å². The highest BCUT2D eigenvalue weighted by atomic mass is 127. The third-order valence-electron chi connectivity index (χ3n) is 2.71. The van der Waals surface area contributed by atoms with Gasteiger partial charge in [0.25, 0.3) is 0 Å². The second kappa shape index (κ2) is 6.31. The van der Waals surface area contributed by atoms with E-state index < -0.39 is 0 Å². The van der Waals surface area contributed by atoms with Gasteiger partial charge < -0.3 is 5.32 Å². The van der Waals surface area contributed by atoms with Crippen LogP contribution < -0.4 is 5.32 Å². The number of anilines is 1. The van der Waals surface area contributed by atoms with E-state index in [9.17, 15) is 0 Å². The summed E-state index contributed by atoms with van der Waals surface area (Å²) in [5, 5.41) is 7.49. The minimum Gasteiger partial charge on any atom is -0.369 e. The van der Waals surface area contributed by atoms with E-state index in [1.807, 2.05) is 13.2 Å². The standard InChI is InChI=1S/C13H18IN5/c1-4-6-10-11(14)13(15-5-2)18-12(17-10)9-7-16-19(3)8-9/h7-8H,4-6H2,1-3H3,(H,15,17,18). The molecule has 2 aromatic heterocycles. The minimum absolute atomic E-state index is 0.743. The van der Waals surface area contributed by atoms with Gasteiger partial charge in [-0.2, -0.15) is 5.10 Å². The van der Waals surface area contributed by atoms with Crippen LogP contribution >= 0.6 is 22.6 Å². The van der Waals surface area contributed by atoms with Gasteiger partial charge in [-0.15, -0.1) is 0 Å². The Balaban J connectivity index is 2.48. The summed E-state index contributed by atoms with van der Waals surface area (Å²) in [7, 11) is 1.90. The van der Waals surface area contributed by atoms with Gasteiger partial charge in [0.1, 0.15) is 5.82 Å². The van der Waals surface area contributed by atoms with E-state index in [1.165, 1.54) is 0 Å². The molecule has 0 aliphatic heterocycles. The van der Waals surface area contributed by atoms with Crippen molar-refractivity contribution in [2.24, 2.45) is 7.05 Å². The number of halogens is 1. The molecule has 2 heterocycles. The lowest BCUT2D eigenvalue weighted by molar-refractivity contribution is 0.768. The Bertz CT molecular complexity index is 537. The third-order valence-corrected chi connectivity index (χ3v) is 3.85. The molecule has 0 radical (unpaired) electrons. The van der Waals surface area contributed by atoms with Gasteiger partial charge in [-0.1, -0.05) is 13.3 Å². The zero-order valence-electron chi connectivity index (χ0n) is 11.4. The van der Waals surface area contributed by atoms with Crippen LogP contribution in [0.5, 0.6) is 0 Å². The largest absolute Gasteiger partial charge is 0.369 e. The van der Waals surface area contributed by atoms with Crippen molar-refractivity contribution in [3.05, 3.63) is 21.7 Å². The average Bonchev–Trinajstić information content (AvgIpc) is 2.81. The molecule has 6 heteroatoms. The topological polar surface area (TPSA) is 55.6 Å². The van der Waals surface area contributed by atoms with Crippen LogP contribution in [0.25, 0.3) is 11.4 Å². The smallest absolute Gasteiger partial charge is 0.165 e. The normalized spacial score (nSPS) is 10.7. The molecule has 0 aromatic carbocycles. The first-order valence-corrected chi connectivity index (χ1v) is 7.52. The van der Waals surface area contributed by atoms with Crippen molar-refractivity contribution in [3.63, 3.8) is 0 Å². The van der Waals surface area contributed by atoms with Crippen molar-refractivity contribution >= 4 is 28.4 Å². The highest BCUT2D eigenvalue weighted by Gasteiger charge is 2.13. The Morgan fingerprint density at radius 2 is 2.11 bits per heavy atom. The lowest BCUT2D eigenvalue weighted by Crippen LogP contribution is -2.08. The van der Waals surface area contributed by atoms with E-state index in [2.05, 4.69) is 56.8 Å². The number of aryl methyl sites for hydroxylation is 2. The molecule has 19 heavy (non-hydrogen) atoms. The molecule has 5 nitrogen and oxygen atoms in total. The van der Waals surface area contributed by atoms with Crippen molar-refractivity contribution in [2.75, 3.05) is 11.9 Å². The molecule has 0 unspecified atom stereocenters. The molecule has 0 aliphatic rings. The number of rotatable bonds is 5. The summed E-state index contributed by atoms with van der Waals surface area (Å²) in [6, 6.07) is 0. The molecule has 0 saturated carbocycles. The van der Waals surface area contributed by atoms with Crippen molar-refractivity contribution in [1.82, 2.24) is 19.7 Å². The van der Waals surface area contributed by atoms with Crippen molar-refractivity contribution < 1.29 is 0 Å². The van der Waals surface area contributed by atoms with E-state index in [-0.39, 0.29) is 0 Å². The van der Waals surface area contributed by atoms with E-state index >= 15 is 0 Å². The minimum atomic E-state index is 0.743. The van der Waals surface area contributed by atoms with Gasteiger partial charge in [0.15, 0.2) is 5.82 Å². The second-order valence-electron chi connectivity index (χ2n) is 4.34. The van der Waals surface area contributed by atoms with Gasteiger partial charge >= 0.3 is 0 Å². The molecular formula is C13H18IN5. The monoisotopic (exact) mass is 371 g/mol. The van der Waals surface area contributed by atoms with Crippen LogP contribution in [0.15, 0.2) is 12.4 Å². The van der Waals surface area contributed by atoms with Crippen LogP contribution in [0.4, 0.5) is 5.82 Å². The zero-order chi connectivity index (χ0) is 13.8. The molecule has 0 saturated heterocycles. The molecule has 0 fully saturated rings. The number of hydrogen-bond donors (Lipinski definition) is 1. The van der Waals surface area contributed by atoms with Crippen LogP contribution in [0.1, 0.15) is 26.0 Å². The van der Waals surface area contributed by atoms with E-state index in [0.29, 0.717) is 0 Å². The Morgan fingerprint density at radius 3 is 2.68 bits per heavy atom. The van der Waals surface area contributed by atoms with Gasteiger partial charge in [0.2, 0.25) is 0 Å². The Morgan fingerprint density at radius 1 is 1.32 bits per heavy atom. The maximum absolute atomic E-state index is 4.68. The van der Waals surface area contributed by atoms with Crippen LogP contribution in [0, 0.1) is 3.57 Å². The second-order valence-corrected chi connectivity index (χ2v) is 5.42. The predicted molar refractivity (Wildman–Crippen MR) is 85.1 cm³/mol. The highest BCUT2D eigenvalue weighted by Crippen LogP contribution is 2.24. The fourth-order valence-electron chi connectivity index (χ4n) is 1.85. The Kier molecular flexibility index (Phi) is 4.73. The predicted octanol–water partition coefficient (Wildman–Crippen LogP) is 2.87. The van der Waals surface area contributed by atoms with Crippen LogP contribution in [-0.4, -0.2) is 26.3 Å². The van der Waals surface area contributed by atoms with E-state index in [0.717, 1.165) is 45.9 Å². The molecule has 0 atom stereocenters. The molecule has 0 amide bonds. The quantitative estimate of drug-likeness (QED) is 0.822. The van der Waals surface area contributed by atoms with E-state index in [4.69, 9.17) is 0 Å². The van der Waals surface area contributed by atoms with Gasteiger partial charge in [-0.05, 0) is 35.9 Å².